The second kappa shape index (κ2) is 8.02. The van der Waals surface area contributed by atoms with Crippen LogP contribution in [0, 0.1) is 11.3 Å². The Morgan fingerprint density at radius 3 is 2.65 bits per heavy atom. The first kappa shape index (κ1) is 15.8. The van der Waals surface area contributed by atoms with E-state index in [4.69, 9.17) is 14.7 Å². The number of benzene rings is 1. The summed E-state index contributed by atoms with van der Waals surface area (Å²) in [4.78, 5) is 11.4. The van der Waals surface area contributed by atoms with Gasteiger partial charge in [0.15, 0.2) is 11.5 Å². The number of hydrogen-bond acceptors (Lipinski definition) is 5. The molecule has 0 fully saturated rings. The highest BCUT2D eigenvalue weighted by Crippen LogP contribution is 2.29. The predicted molar refractivity (Wildman–Crippen MR) is 74.6 cm³/mol. The molecule has 1 amide bonds. The molecular formula is C14H19N3O3. The average Bonchev–Trinajstić information content (AvgIpc) is 2.49. The number of carbonyl (C=O) groups is 1. The Morgan fingerprint density at radius 1 is 1.35 bits per heavy atom. The molecule has 108 valence electrons. The maximum absolute atomic E-state index is 11.4. The lowest BCUT2D eigenvalue weighted by Gasteiger charge is -2.16. The van der Waals surface area contributed by atoms with E-state index in [9.17, 15) is 4.79 Å². The predicted octanol–water partition coefficient (Wildman–Crippen LogP) is 0.994. The molecule has 0 radical (unpaired) electrons. The molecule has 0 aliphatic carbocycles. The van der Waals surface area contributed by atoms with E-state index in [1.54, 1.807) is 14.2 Å². The summed E-state index contributed by atoms with van der Waals surface area (Å²) in [6, 6.07) is 7.43. The first-order valence-corrected chi connectivity index (χ1v) is 6.21. The molecule has 1 rings (SSSR count). The van der Waals surface area contributed by atoms with Crippen molar-refractivity contribution in [3.63, 3.8) is 0 Å². The third-order valence-corrected chi connectivity index (χ3v) is 2.84. The monoisotopic (exact) mass is 277 g/mol. The summed E-state index contributed by atoms with van der Waals surface area (Å²) in [5, 5.41) is 13.9. The molecular weight excluding hydrogens is 258 g/mol. The first-order valence-electron chi connectivity index (χ1n) is 6.21. The van der Waals surface area contributed by atoms with E-state index < -0.39 is 0 Å². The van der Waals surface area contributed by atoms with Gasteiger partial charge in [-0.2, -0.15) is 5.26 Å². The molecule has 20 heavy (non-hydrogen) atoms. The highest BCUT2D eigenvalue weighted by atomic mass is 16.5. The largest absolute Gasteiger partial charge is 0.493 e. The normalized spacial score (nSPS) is 11.3. The average molecular weight is 277 g/mol. The summed E-state index contributed by atoms with van der Waals surface area (Å²) in [6.07, 6.45) is 0. The fourth-order valence-corrected chi connectivity index (χ4v) is 1.69. The number of ether oxygens (including phenoxy) is 2. The molecule has 0 aliphatic heterocycles. The number of methoxy groups -OCH3 is 2. The lowest BCUT2D eigenvalue weighted by atomic mass is 10.1. The van der Waals surface area contributed by atoms with Crippen molar-refractivity contribution in [2.75, 3.05) is 27.3 Å². The lowest BCUT2D eigenvalue weighted by Crippen LogP contribution is -2.35. The van der Waals surface area contributed by atoms with Crippen LogP contribution in [0.15, 0.2) is 18.2 Å². The third-order valence-electron chi connectivity index (χ3n) is 2.84. The molecule has 0 aromatic heterocycles. The van der Waals surface area contributed by atoms with Gasteiger partial charge < -0.3 is 20.1 Å². The smallest absolute Gasteiger partial charge is 0.234 e. The molecule has 1 aromatic carbocycles. The Labute approximate surface area is 118 Å². The molecule has 1 unspecified atom stereocenters. The Hall–Kier alpha value is -2.26. The van der Waals surface area contributed by atoms with Gasteiger partial charge in [-0.25, -0.2) is 0 Å². The minimum atomic E-state index is -0.209. The molecule has 6 nitrogen and oxygen atoms in total. The summed E-state index contributed by atoms with van der Waals surface area (Å²) < 4.78 is 10.4. The summed E-state index contributed by atoms with van der Waals surface area (Å²) >= 11 is 0. The Balaban J connectivity index is 2.61. The van der Waals surface area contributed by atoms with Crippen molar-refractivity contribution < 1.29 is 14.3 Å². The maximum atomic E-state index is 11.4. The quantitative estimate of drug-likeness (QED) is 0.726. The Bertz CT molecular complexity index is 497. The van der Waals surface area contributed by atoms with E-state index in [0.29, 0.717) is 11.5 Å². The number of carbonyl (C=O) groups excluding carboxylic acids is 1. The minimum Gasteiger partial charge on any atom is -0.493 e. The zero-order valence-electron chi connectivity index (χ0n) is 11.9. The number of nitrogens with one attached hydrogen (secondary N) is 2. The van der Waals surface area contributed by atoms with Gasteiger partial charge in [-0.05, 0) is 24.6 Å². The van der Waals surface area contributed by atoms with Crippen LogP contribution in [0.4, 0.5) is 0 Å². The lowest BCUT2D eigenvalue weighted by molar-refractivity contribution is -0.120. The number of nitriles is 1. The maximum Gasteiger partial charge on any atom is 0.234 e. The van der Waals surface area contributed by atoms with Gasteiger partial charge in [0, 0.05) is 6.04 Å². The van der Waals surface area contributed by atoms with Crippen molar-refractivity contribution in [2.24, 2.45) is 0 Å². The van der Waals surface area contributed by atoms with Crippen LogP contribution in [0.1, 0.15) is 18.5 Å². The summed E-state index contributed by atoms with van der Waals surface area (Å²) in [7, 11) is 3.16. The van der Waals surface area contributed by atoms with Crippen LogP contribution in [0.25, 0.3) is 0 Å². The highest BCUT2D eigenvalue weighted by Gasteiger charge is 2.11. The van der Waals surface area contributed by atoms with Gasteiger partial charge in [0.05, 0.1) is 26.8 Å². The second-order valence-corrected chi connectivity index (χ2v) is 4.15. The van der Waals surface area contributed by atoms with Crippen LogP contribution in [-0.4, -0.2) is 33.2 Å². The van der Waals surface area contributed by atoms with Gasteiger partial charge in [-0.15, -0.1) is 0 Å². The standard InChI is InChI=1S/C14H19N3O3/c1-10(17-9-14(18)16-7-6-15)11-4-5-12(19-2)13(8-11)20-3/h4-5,8,10,17H,7,9H2,1-3H3,(H,16,18). The number of hydrogen-bond donors (Lipinski definition) is 2. The van der Waals surface area contributed by atoms with Gasteiger partial charge in [0.2, 0.25) is 5.91 Å². The molecule has 6 heteroatoms. The highest BCUT2D eigenvalue weighted by molar-refractivity contribution is 5.78. The van der Waals surface area contributed by atoms with Gasteiger partial charge in [-0.1, -0.05) is 6.07 Å². The van der Waals surface area contributed by atoms with Crippen molar-refractivity contribution in [3.05, 3.63) is 23.8 Å². The van der Waals surface area contributed by atoms with Gasteiger partial charge >= 0.3 is 0 Å². The Kier molecular flexibility index (Phi) is 6.33. The third kappa shape index (κ3) is 4.44. The first-order chi connectivity index (χ1) is 9.62. The van der Waals surface area contributed by atoms with E-state index in [1.807, 2.05) is 31.2 Å². The summed E-state index contributed by atoms with van der Waals surface area (Å²) in [5.41, 5.74) is 0.982. The van der Waals surface area contributed by atoms with Gasteiger partial charge in [0.1, 0.15) is 6.54 Å². The van der Waals surface area contributed by atoms with Crippen LogP contribution >= 0.6 is 0 Å². The summed E-state index contributed by atoms with van der Waals surface area (Å²) in [6.45, 7) is 2.11. The zero-order valence-corrected chi connectivity index (χ0v) is 11.9. The Morgan fingerprint density at radius 2 is 2.05 bits per heavy atom. The molecule has 1 aromatic rings. The van der Waals surface area contributed by atoms with E-state index in [2.05, 4.69) is 10.6 Å². The van der Waals surface area contributed by atoms with Crippen molar-refractivity contribution in [3.8, 4) is 17.6 Å². The van der Waals surface area contributed by atoms with Crippen LogP contribution in [-0.2, 0) is 4.79 Å². The van der Waals surface area contributed by atoms with Crippen molar-refractivity contribution >= 4 is 5.91 Å². The van der Waals surface area contributed by atoms with Crippen LogP contribution in [0.3, 0.4) is 0 Å². The van der Waals surface area contributed by atoms with Crippen LogP contribution in [0.2, 0.25) is 0 Å². The van der Waals surface area contributed by atoms with E-state index in [1.165, 1.54) is 0 Å². The van der Waals surface area contributed by atoms with Gasteiger partial charge in [0.25, 0.3) is 0 Å². The summed E-state index contributed by atoms with van der Waals surface area (Å²) in [5.74, 6) is 1.10. The molecule has 0 saturated heterocycles. The van der Waals surface area contributed by atoms with Gasteiger partial charge in [-0.3, -0.25) is 4.79 Å². The molecule has 0 bridgehead atoms. The fraction of sp³-hybridized carbons (Fsp3) is 0.429. The minimum absolute atomic E-state index is 0.0191. The topological polar surface area (TPSA) is 83.4 Å². The second-order valence-electron chi connectivity index (χ2n) is 4.15. The number of rotatable bonds is 7. The molecule has 0 saturated carbocycles. The fourth-order valence-electron chi connectivity index (χ4n) is 1.69. The van der Waals surface area contributed by atoms with E-state index in [-0.39, 0.29) is 25.0 Å². The molecule has 0 spiro atoms. The molecule has 0 aliphatic rings. The van der Waals surface area contributed by atoms with Crippen molar-refractivity contribution in [1.82, 2.24) is 10.6 Å². The number of amides is 1. The molecule has 1 atom stereocenters. The van der Waals surface area contributed by atoms with Crippen LogP contribution in [0.5, 0.6) is 11.5 Å². The zero-order chi connectivity index (χ0) is 15.0. The van der Waals surface area contributed by atoms with Crippen molar-refractivity contribution in [1.29, 1.82) is 5.26 Å². The van der Waals surface area contributed by atoms with E-state index in [0.717, 1.165) is 5.56 Å². The van der Waals surface area contributed by atoms with Crippen molar-refractivity contribution in [2.45, 2.75) is 13.0 Å². The van der Waals surface area contributed by atoms with Crippen LogP contribution < -0.4 is 20.1 Å². The number of nitrogens with zero attached hydrogens (tertiary/aromatic N) is 1. The molecule has 0 heterocycles. The SMILES string of the molecule is COc1ccc(C(C)NCC(=O)NCC#N)cc1OC. The molecule has 2 N–H and O–H groups in total. The van der Waals surface area contributed by atoms with E-state index >= 15 is 0 Å².